The summed E-state index contributed by atoms with van der Waals surface area (Å²) in [5.41, 5.74) is 3.22. The molecular formula is C23H24F2N6O. The van der Waals surface area contributed by atoms with Gasteiger partial charge in [0.1, 0.15) is 18.0 Å². The van der Waals surface area contributed by atoms with E-state index in [9.17, 15) is 13.6 Å². The van der Waals surface area contributed by atoms with Crippen LogP contribution in [0.15, 0.2) is 42.7 Å². The van der Waals surface area contributed by atoms with Crippen molar-refractivity contribution >= 4 is 23.2 Å². The molecule has 1 amide bonds. The van der Waals surface area contributed by atoms with Crippen LogP contribution in [0.4, 0.5) is 26.1 Å². The van der Waals surface area contributed by atoms with Crippen LogP contribution in [0.25, 0.3) is 5.69 Å². The lowest BCUT2D eigenvalue weighted by atomic mass is 10.1. The average molecular weight is 438 g/mol. The predicted molar refractivity (Wildman–Crippen MR) is 117 cm³/mol. The Morgan fingerprint density at radius 2 is 1.69 bits per heavy atom. The SMILES string of the molecule is Cc1cc(Nc2ncn(-c3cc(F)cc(F)c3)n2)cc(N2CCN(C(=O)C3CC3)CC2)c1. The van der Waals surface area contributed by atoms with Crippen LogP contribution in [0.2, 0.25) is 0 Å². The van der Waals surface area contributed by atoms with Gasteiger partial charge in [-0.25, -0.2) is 13.5 Å². The summed E-state index contributed by atoms with van der Waals surface area (Å²) in [5.74, 6) is -0.464. The van der Waals surface area contributed by atoms with Gasteiger partial charge in [0.2, 0.25) is 11.9 Å². The van der Waals surface area contributed by atoms with Crippen molar-refractivity contribution in [2.24, 2.45) is 5.92 Å². The minimum Gasteiger partial charge on any atom is -0.368 e. The molecule has 1 aliphatic carbocycles. The third-order valence-electron chi connectivity index (χ3n) is 5.81. The van der Waals surface area contributed by atoms with E-state index >= 15 is 0 Å². The van der Waals surface area contributed by atoms with Gasteiger partial charge in [0.25, 0.3) is 0 Å². The maximum Gasteiger partial charge on any atom is 0.246 e. The number of nitrogens with one attached hydrogen (secondary N) is 1. The zero-order chi connectivity index (χ0) is 22.2. The first kappa shape index (κ1) is 20.4. The van der Waals surface area contributed by atoms with Crippen molar-refractivity contribution in [1.82, 2.24) is 19.7 Å². The van der Waals surface area contributed by atoms with Crippen molar-refractivity contribution in [3.8, 4) is 5.69 Å². The monoisotopic (exact) mass is 438 g/mol. The van der Waals surface area contributed by atoms with Crippen LogP contribution in [-0.2, 0) is 4.79 Å². The van der Waals surface area contributed by atoms with Crippen molar-refractivity contribution in [3.05, 3.63) is 59.9 Å². The van der Waals surface area contributed by atoms with Crippen molar-refractivity contribution in [3.63, 3.8) is 0 Å². The second-order valence-corrected chi connectivity index (χ2v) is 8.41. The third-order valence-corrected chi connectivity index (χ3v) is 5.81. The smallest absolute Gasteiger partial charge is 0.246 e. The number of nitrogens with zero attached hydrogens (tertiary/aromatic N) is 5. The van der Waals surface area contributed by atoms with E-state index in [1.807, 2.05) is 24.0 Å². The third kappa shape index (κ3) is 4.42. The molecule has 0 bridgehead atoms. The zero-order valence-electron chi connectivity index (χ0n) is 17.8. The zero-order valence-corrected chi connectivity index (χ0v) is 17.8. The Morgan fingerprint density at radius 1 is 0.969 bits per heavy atom. The Morgan fingerprint density at radius 3 is 2.38 bits per heavy atom. The predicted octanol–water partition coefficient (Wildman–Crippen LogP) is 3.66. The molecule has 0 spiro atoms. The Labute approximate surface area is 184 Å². The van der Waals surface area contributed by atoms with Gasteiger partial charge in [0, 0.05) is 49.5 Å². The summed E-state index contributed by atoms with van der Waals surface area (Å²) in [6.07, 6.45) is 3.47. The van der Waals surface area contributed by atoms with Crippen LogP contribution in [0.3, 0.4) is 0 Å². The van der Waals surface area contributed by atoms with E-state index in [-0.39, 0.29) is 11.6 Å². The van der Waals surface area contributed by atoms with E-state index in [0.29, 0.717) is 11.9 Å². The molecule has 3 aromatic rings. The van der Waals surface area contributed by atoms with Gasteiger partial charge in [-0.3, -0.25) is 4.79 Å². The molecule has 1 saturated heterocycles. The number of rotatable bonds is 5. The normalized spacial score (nSPS) is 16.3. The molecule has 0 radical (unpaired) electrons. The molecule has 9 heteroatoms. The van der Waals surface area contributed by atoms with Crippen LogP contribution in [0, 0.1) is 24.5 Å². The number of aromatic nitrogens is 3. The molecule has 2 heterocycles. The highest BCUT2D eigenvalue weighted by Crippen LogP contribution is 2.32. The summed E-state index contributed by atoms with van der Waals surface area (Å²) >= 11 is 0. The number of carbonyl (C=O) groups excluding carboxylic acids is 1. The molecule has 7 nitrogen and oxygen atoms in total. The topological polar surface area (TPSA) is 66.3 Å². The van der Waals surface area contributed by atoms with Gasteiger partial charge < -0.3 is 15.1 Å². The molecule has 1 N–H and O–H groups in total. The first-order valence-corrected chi connectivity index (χ1v) is 10.8. The molecule has 2 aromatic carbocycles. The number of hydrogen-bond donors (Lipinski definition) is 1. The number of halogens is 2. The first-order valence-electron chi connectivity index (χ1n) is 10.8. The highest BCUT2D eigenvalue weighted by atomic mass is 19.1. The molecule has 5 rings (SSSR count). The molecule has 2 fully saturated rings. The Balaban J connectivity index is 1.28. The lowest BCUT2D eigenvalue weighted by Crippen LogP contribution is -2.49. The van der Waals surface area contributed by atoms with Gasteiger partial charge in [0.05, 0.1) is 5.69 Å². The van der Waals surface area contributed by atoms with Crippen LogP contribution >= 0.6 is 0 Å². The number of carbonyl (C=O) groups is 1. The standard InChI is InChI=1S/C23H24F2N6O/c1-15-8-19(27-23-26-14-31(28-23)21-11-17(24)10-18(25)12-21)13-20(9-15)29-4-6-30(7-5-29)22(32)16-2-3-16/h8-14,16H,2-7H2,1H3,(H,27,28). The Kier molecular flexibility index (Phi) is 5.24. The van der Waals surface area contributed by atoms with E-state index in [4.69, 9.17) is 0 Å². The minimum absolute atomic E-state index is 0.256. The molecule has 32 heavy (non-hydrogen) atoms. The minimum atomic E-state index is -0.674. The van der Waals surface area contributed by atoms with Crippen molar-refractivity contribution in [1.29, 1.82) is 0 Å². The van der Waals surface area contributed by atoms with Crippen molar-refractivity contribution < 1.29 is 13.6 Å². The molecule has 0 unspecified atom stereocenters. The molecular weight excluding hydrogens is 414 g/mol. The fourth-order valence-corrected chi connectivity index (χ4v) is 4.04. The summed E-state index contributed by atoms with van der Waals surface area (Å²) in [7, 11) is 0. The van der Waals surface area contributed by atoms with E-state index in [2.05, 4.69) is 26.4 Å². The average Bonchev–Trinajstić information content (AvgIpc) is 3.51. The van der Waals surface area contributed by atoms with Crippen molar-refractivity contribution in [2.75, 3.05) is 36.4 Å². The second-order valence-electron chi connectivity index (χ2n) is 8.41. The van der Waals surface area contributed by atoms with Gasteiger partial charge in [-0.1, -0.05) is 0 Å². The number of hydrogen-bond acceptors (Lipinski definition) is 5. The molecule has 0 atom stereocenters. The van der Waals surface area contributed by atoms with Crippen LogP contribution in [0.1, 0.15) is 18.4 Å². The van der Waals surface area contributed by atoms with E-state index in [0.717, 1.165) is 62.0 Å². The number of amides is 1. The highest BCUT2D eigenvalue weighted by molar-refractivity contribution is 5.81. The van der Waals surface area contributed by atoms with Gasteiger partial charge in [-0.15, -0.1) is 5.10 Å². The van der Waals surface area contributed by atoms with E-state index in [1.54, 1.807) is 0 Å². The first-order chi connectivity index (χ1) is 15.4. The Hall–Kier alpha value is -3.49. The lowest BCUT2D eigenvalue weighted by Gasteiger charge is -2.36. The van der Waals surface area contributed by atoms with Gasteiger partial charge in [-0.05, 0) is 55.7 Å². The van der Waals surface area contributed by atoms with E-state index in [1.165, 1.54) is 23.1 Å². The number of benzene rings is 2. The fourth-order valence-electron chi connectivity index (χ4n) is 4.04. The van der Waals surface area contributed by atoms with E-state index < -0.39 is 11.6 Å². The molecule has 166 valence electrons. The number of piperazine rings is 1. The summed E-state index contributed by atoms with van der Waals surface area (Å²) in [4.78, 5) is 20.8. The molecule has 1 aliphatic heterocycles. The maximum absolute atomic E-state index is 13.5. The Bertz CT molecular complexity index is 1130. The summed E-state index contributed by atoms with van der Waals surface area (Å²) in [5, 5.41) is 7.46. The quantitative estimate of drug-likeness (QED) is 0.659. The summed E-state index contributed by atoms with van der Waals surface area (Å²) in [6.45, 7) is 5.08. The highest BCUT2D eigenvalue weighted by Gasteiger charge is 2.34. The van der Waals surface area contributed by atoms with Gasteiger partial charge in [-0.2, -0.15) is 4.98 Å². The summed E-state index contributed by atoms with van der Waals surface area (Å²) in [6, 6.07) is 9.33. The van der Waals surface area contributed by atoms with Gasteiger partial charge >= 0.3 is 0 Å². The molecule has 1 saturated carbocycles. The van der Waals surface area contributed by atoms with Crippen LogP contribution in [0.5, 0.6) is 0 Å². The van der Waals surface area contributed by atoms with Crippen LogP contribution < -0.4 is 10.2 Å². The fraction of sp³-hybridized carbons (Fsp3) is 0.348. The maximum atomic E-state index is 13.5. The molecule has 2 aliphatic rings. The molecule has 1 aromatic heterocycles. The lowest BCUT2D eigenvalue weighted by molar-refractivity contribution is -0.132. The second kappa shape index (κ2) is 8.22. The number of aryl methyl sites for hydroxylation is 1. The number of anilines is 3. The van der Waals surface area contributed by atoms with Crippen molar-refractivity contribution in [2.45, 2.75) is 19.8 Å². The summed E-state index contributed by atoms with van der Waals surface area (Å²) < 4.78 is 28.3. The van der Waals surface area contributed by atoms with Gasteiger partial charge in [0.15, 0.2) is 0 Å². The van der Waals surface area contributed by atoms with Crippen LogP contribution in [-0.4, -0.2) is 51.8 Å². The largest absolute Gasteiger partial charge is 0.368 e.